The average molecular weight is 227 g/mol. The van der Waals surface area contributed by atoms with E-state index < -0.39 is 0 Å². The van der Waals surface area contributed by atoms with Gasteiger partial charge in [-0.15, -0.1) is 0 Å². The van der Waals surface area contributed by atoms with Gasteiger partial charge in [0.15, 0.2) is 0 Å². The first kappa shape index (κ1) is 14.0. The molecule has 3 unspecified atom stereocenters. The Morgan fingerprint density at radius 2 is 2.06 bits per heavy atom. The van der Waals surface area contributed by atoms with Crippen LogP contribution in [0.2, 0.25) is 0 Å². The molecule has 1 aliphatic heterocycles. The summed E-state index contributed by atoms with van der Waals surface area (Å²) >= 11 is 0. The fraction of sp³-hybridized carbons (Fsp3) is 1.00. The Bertz CT molecular complexity index is 191. The van der Waals surface area contributed by atoms with E-state index in [-0.39, 0.29) is 0 Å². The van der Waals surface area contributed by atoms with Gasteiger partial charge >= 0.3 is 0 Å². The van der Waals surface area contributed by atoms with Crippen molar-refractivity contribution in [3.8, 4) is 0 Å². The van der Waals surface area contributed by atoms with Crippen LogP contribution in [0.3, 0.4) is 0 Å². The number of rotatable bonds is 4. The van der Waals surface area contributed by atoms with Gasteiger partial charge in [-0.05, 0) is 43.6 Å². The van der Waals surface area contributed by atoms with Crippen LogP contribution >= 0.6 is 0 Å². The lowest BCUT2D eigenvalue weighted by Gasteiger charge is -2.35. The lowest BCUT2D eigenvalue weighted by Crippen LogP contribution is -2.40. The minimum absolute atomic E-state index is 0.407. The van der Waals surface area contributed by atoms with Gasteiger partial charge in [0.2, 0.25) is 0 Å². The zero-order chi connectivity index (χ0) is 12.2. The van der Waals surface area contributed by atoms with E-state index >= 15 is 0 Å². The summed E-state index contributed by atoms with van der Waals surface area (Å²) in [6.07, 6.45) is 3.81. The molecule has 1 rings (SSSR count). The molecule has 1 heterocycles. The summed E-state index contributed by atoms with van der Waals surface area (Å²) in [4.78, 5) is 0. The van der Waals surface area contributed by atoms with E-state index in [1.807, 2.05) is 0 Å². The molecule has 2 nitrogen and oxygen atoms in total. The molecular weight excluding hydrogens is 198 g/mol. The zero-order valence-electron chi connectivity index (χ0n) is 11.7. The van der Waals surface area contributed by atoms with Crippen molar-refractivity contribution in [2.24, 2.45) is 17.3 Å². The van der Waals surface area contributed by atoms with Gasteiger partial charge in [0.05, 0.1) is 6.61 Å². The van der Waals surface area contributed by atoms with Gasteiger partial charge in [0.25, 0.3) is 0 Å². The summed E-state index contributed by atoms with van der Waals surface area (Å²) < 4.78 is 5.59. The molecule has 0 saturated carbocycles. The summed E-state index contributed by atoms with van der Waals surface area (Å²) in [5, 5.41) is 3.49. The second-order valence-electron chi connectivity index (χ2n) is 6.38. The van der Waals surface area contributed by atoms with Crippen molar-refractivity contribution in [2.45, 2.75) is 53.0 Å². The quantitative estimate of drug-likeness (QED) is 0.797. The maximum absolute atomic E-state index is 5.59. The Kier molecular flexibility index (Phi) is 5.26. The molecule has 0 aromatic rings. The Morgan fingerprint density at radius 1 is 1.38 bits per heavy atom. The highest BCUT2D eigenvalue weighted by molar-refractivity contribution is 4.82. The van der Waals surface area contributed by atoms with Crippen LogP contribution in [0.1, 0.15) is 47.0 Å². The molecule has 2 heteroatoms. The maximum atomic E-state index is 5.59. The average Bonchev–Trinajstić information content (AvgIpc) is 2.25. The largest absolute Gasteiger partial charge is 0.381 e. The standard InChI is InChI=1S/C14H29NO/c1-11(14(2,3)4)9-13(15-5)12-7-6-8-16-10-12/h11-13,15H,6-10H2,1-5H3. The van der Waals surface area contributed by atoms with Crippen molar-refractivity contribution in [3.05, 3.63) is 0 Å². The molecule has 3 atom stereocenters. The molecule has 1 saturated heterocycles. The highest BCUT2D eigenvalue weighted by Crippen LogP contribution is 2.31. The molecule has 0 amide bonds. The van der Waals surface area contributed by atoms with Crippen molar-refractivity contribution in [2.75, 3.05) is 20.3 Å². The Morgan fingerprint density at radius 3 is 2.50 bits per heavy atom. The predicted octanol–water partition coefficient (Wildman–Crippen LogP) is 3.07. The number of hydrogen-bond donors (Lipinski definition) is 1. The highest BCUT2D eigenvalue weighted by Gasteiger charge is 2.28. The third kappa shape index (κ3) is 4.06. The molecular formula is C14H29NO. The molecule has 1 fully saturated rings. The Labute approximate surface area is 101 Å². The molecule has 0 spiro atoms. The monoisotopic (exact) mass is 227 g/mol. The van der Waals surface area contributed by atoms with Crippen LogP contribution in [0, 0.1) is 17.3 Å². The second-order valence-corrected chi connectivity index (χ2v) is 6.38. The molecule has 0 aromatic carbocycles. The fourth-order valence-corrected chi connectivity index (χ4v) is 2.36. The highest BCUT2D eigenvalue weighted by atomic mass is 16.5. The lowest BCUT2D eigenvalue weighted by atomic mass is 9.76. The maximum Gasteiger partial charge on any atom is 0.0509 e. The Hall–Kier alpha value is -0.0800. The summed E-state index contributed by atoms with van der Waals surface area (Å²) in [6, 6.07) is 0.620. The van der Waals surface area contributed by atoms with Crippen LogP contribution in [0.15, 0.2) is 0 Å². The van der Waals surface area contributed by atoms with E-state index in [2.05, 4.69) is 40.1 Å². The predicted molar refractivity (Wildman–Crippen MR) is 69.6 cm³/mol. The van der Waals surface area contributed by atoms with Gasteiger partial charge in [0.1, 0.15) is 0 Å². The van der Waals surface area contributed by atoms with Gasteiger partial charge < -0.3 is 10.1 Å². The summed E-state index contributed by atoms with van der Waals surface area (Å²) in [5.74, 6) is 1.45. The SMILES string of the molecule is CNC(CC(C)C(C)(C)C)C1CCCOC1. The van der Waals surface area contributed by atoms with Crippen molar-refractivity contribution in [1.82, 2.24) is 5.32 Å². The van der Waals surface area contributed by atoms with E-state index in [1.54, 1.807) is 0 Å². The molecule has 0 aromatic heterocycles. The van der Waals surface area contributed by atoms with Crippen molar-refractivity contribution >= 4 is 0 Å². The number of hydrogen-bond acceptors (Lipinski definition) is 2. The van der Waals surface area contributed by atoms with E-state index in [0.717, 1.165) is 19.1 Å². The molecule has 0 aliphatic carbocycles. The van der Waals surface area contributed by atoms with Crippen LogP contribution in [0.5, 0.6) is 0 Å². The van der Waals surface area contributed by atoms with Crippen LogP contribution in [0.4, 0.5) is 0 Å². The summed E-state index contributed by atoms with van der Waals surface area (Å²) in [5.41, 5.74) is 0.407. The van der Waals surface area contributed by atoms with Crippen LogP contribution in [0.25, 0.3) is 0 Å². The second kappa shape index (κ2) is 6.02. The fourth-order valence-electron chi connectivity index (χ4n) is 2.36. The Balaban J connectivity index is 2.47. The van der Waals surface area contributed by atoms with Gasteiger partial charge in [-0.2, -0.15) is 0 Å². The molecule has 1 aliphatic rings. The third-order valence-corrected chi connectivity index (χ3v) is 4.22. The van der Waals surface area contributed by atoms with Gasteiger partial charge in [-0.3, -0.25) is 0 Å². The normalized spacial score (nSPS) is 26.4. The van der Waals surface area contributed by atoms with Crippen LogP contribution < -0.4 is 5.32 Å². The molecule has 0 radical (unpaired) electrons. The minimum atomic E-state index is 0.407. The first-order chi connectivity index (χ1) is 7.45. The van der Waals surface area contributed by atoms with Gasteiger partial charge in [-0.1, -0.05) is 27.7 Å². The number of ether oxygens (including phenoxy) is 1. The third-order valence-electron chi connectivity index (χ3n) is 4.22. The zero-order valence-corrected chi connectivity index (χ0v) is 11.7. The van der Waals surface area contributed by atoms with E-state index in [9.17, 15) is 0 Å². The summed E-state index contributed by atoms with van der Waals surface area (Å²) in [7, 11) is 2.09. The topological polar surface area (TPSA) is 21.3 Å². The first-order valence-electron chi connectivity index (χ1n) is 6.70. The molecule has 96 valence electrons. The van der Waals surface area contributed by atoms with Crippen molar-refractivity contribution in [1.29, 1.82) is 0 Å². The van der Waals surface area contributed by atoms with Crippen molar-refractivity contribution in [3.63, 3.8) is 0 Å². The van der Waals surface area contributed by atoms with Crippen LogP contribution in [-0.4, -0.2) is 26.3 Å². The minimum Gasteiger partial charge on any atom is -0.381 e. The van der Waals surface area contributed by atoms with E-state index in [4.69, 9.17) is 4.74 Å². The van der Waals surface area contributed by atoms with E-state index in [0.29, 0.717) is 17.4 Å². The van der Waals surface area contributed by atoms with E-state index in [1.165, 1.54) is 19.3 Å². The molecule has 1 N–H and O–H groups in total. The lowest BCUT2D eigenvalue weighted by molar-refractivity contribution is 0.0333. The molecule has 0 bridgehead atoms. The first-order valence-corrected chi connectivity index (χ1v) is 6.70. The smallest absolute Gasteiger partial charge is 0.0509 e. The molecule has 16 heavy (non-hydrogen) atoms. The van der Waals surface area contributed by atoms with Gasteiger partial charge in [-0.25, -0.2) is 0 Å². The van der Waals surface area contributed by atoms with Crippen molar-refractivity contribution < 1.29 is 4.74 Å². The van der Waals surface area contributed by atoms with Gasteiger partial charge in [0, 0.05) is 12.6 Å². The number of nitrogens with one attached hydrogen (secondary N) is 1. The summed E-state index contributed by atoms with van der Waals surface area (Å²) in [6.45, 7) is 11.3. The van der Waals surface area contributed by atoms with Crippen LogP contribution in [-0.2, 0) is 4.74 Å².